The summed E-state index contributed by atoms with van der Waals surface area (Å²) in [6.45, 7) is 1.71. The van der Waals surface area contributed by atoms with E-state index in [1.165, 1.54) is 18.2 Å². The largest absolute Gasteiger partial charge is 0.505 e. The van der Waals surface area contributed by atoms with Crippen LogP contribution >= 0.6 is 0 Å². The van der Waals surface area contributed by atoms with Gasteiger partial charge in [-0.05, 0) is 37.3 Å². The highest BCUT2D eigenvalue weighted by Gasteiger charge is 2.31. The number of hydrogen-bond acceptors (Lipinski definition) is 8. The zero-order valence-electron chi connectivity index (χ0n) is 15.8. The topological polar surface area (TPSA) is 169 Å². The molecular weight excluding hydrogens is 396 g/mol. The van der Waals surface area contributed by atoms with E-state index >= 15 is 0 Å². The molecule has 0 atom stereocenters. The van der Waals surface area contributed by atoms with Gasteiger partial charge in [0.25, 0.3) is 12.4 Å². The lowest BCUT2D eigenvalue weighted by Gasteiger charge is -2.18. The summed E-state index contributed by atoms with van der Waals surface area (Å²) in [4.78, 5) is 24.2. The molecule has 158 valence electrons. The highest BCUT2D eigenvalue weighted by atomic mass is 16.7. The second-order valence-corrected chi connectivity index (χ2v) is 5.88. The predicted octanol–water partition coefficient (Wildman–Crippen LogP) is 1.27. The van der Waals surface area contributed by atoms with Crippen LogP contribution in [0, 0.1) is 0 Å². The number of nitrogens with one attached hydrogen (secondary N) is 1. The molecule has 0 saturated carbocycles. The number of rotatable bonds is 5. The smallest absolute Gasteiger partial charge is 0.322 e. The van der Waals surface area contributed by atoms with Crippen LogP contribution < -0.4 is 10.1 Å². The van der Waals surface area contributed by atoms with Crippen LogP contribution in [0.15, 0.2) is 48.5 Å². The van der Waals surface area contributed by atoms with Gasteiger partial charge in [0.2, 0.25) is 0 Å². The molecule has 10 heteroatoms. The van der Waals surface area contributed by atoms with Crippen LogP contribution in [0.4, 0.5) is 0 Å². The number of ether oxygens (including phenoxy) is 1. The molecule has 1 heterocycles. The van der Waals surface area contributed by atoms with Gasteiger partial charge in [-0.3, -0.25) is 9.59 Å². The molecule has 1 amide bonds. The lowest BCUT2D eigenvalue weighted by Crippen LogP contribution is -2.29. The minimum Gasteiger partial charge on any atom is -0.505 e. The summed E-state index contributed by atoms with van der Waals surface area (Å²) in [6.07, 6.45) is 0. The van der Waals surface area contributed by atoms with Gasteiger partial charge in [0.05, 0.1) is 0 Å². The third-order valence-electron chi connectivity index (χ3n) is 3.80. The van der Waals surface area contributed by atoms with E-state index in [9.17, 15) is 25.2 Å². The molecule has 0 saturated heterocycles. The number of aliphatic hydroxyl groups is 3. The summed E-state index contributed by atoms with van der Waals surface area (Å²) in [5.74, 6) is -3.63. The number of benzene rings is 2. The molecule has 1 aromatic heterocycles. The fraction of sp³-hybridized carbons (Fsp3) is 0.150. The van der Waals surface area contributed by atoms with Gasteiger partial charge >= 0.3 is 5.97 Å². The maximum Gasteiger partial charge on any atom is 0.322 e. The second-order valence-electron chi connectivity index (χ2n) is 5.88. The summed E-state index contributed by atoms with van der Waals surface area (Å²) in [5.41, 5.74) is -1.03. The van der Waals surface area contributed by atoms with Crippen LogP contribution in [0.5, 0.6) is 17.2 Å². The van der Waals surface area contributed by atoms with Gasteiger partial charge in [0, 0.05) is 17.3 Å². The number of carbonyl (C=O) groups is 2. The maximum atomic E-state index is 12.1. The number of pyridine rings is 1. The zero-order valence-corrected chi connectivity index (χ0v) is 15.8. The van der Waals surface area contributed by atoms with Crippen LogP contribution in [-0.2, 0) is 10.8 Å². The number of para-hydroxylation sites is 1. The molecule has 3 aromatic rings. The van der Waals surface area contributed by atoms with Gasteiger partial charge in [-0.1, -0.05) is 18.2 Å². The van der Waals surface area contributed by atoms with Crippen LogP contribution in [0.2, 0.25) is 0 Å². The summed E-state index contributed by atoms with van der Waals surface area (Å²) < 4.78 is 5.68. The molecule has 0 fully saturated rings. The first-order chi connectivity index (χ1) is 14.2. The Bertz CT molecular complexity index is 1030. The van der Waals surface area contributed by atoms with Gasteiger partial charge in [-0.15, -0.1) is 0 Å². The van der Waals surface area contributed by atoms with Crippen LogP contribution in [0.1, 0.15) is 23.1 Å². The molecule has 0 aliphatic rings. The quantitative estimate of drug-likeness (QED) is 0.265. The maximum absolute atomic E-state index is 12.1. The predicted molar refractivity (Wildman–Crippen MR) is 105 cm³/mol. The first-order valence-corrected chi connectivity index (χ1v) is 8.66. The normalized spacial score (nSPS) is 10.7. The molecule has 0 radical (unpaired) electrons. The Morgan fingerprint density at radius 3 is 2.30 bits per heavy atom. The molecule has 0 unspecified atom stereocenters. The molecule has 0 bridgehead atoms. The van der Waals surface area contributed by atoms with Gasteiger partial charge in [-0.25, -0.2) is 4.98 Å². The Morgan fingerprint density at radius 1 is 1.10 bits per heavy atom. The van der Waals surface area contributed by atoms with Crippen molar-refractivity contribution in [3.8, 4) is 17.2 Å². The Labute approximate surface area is 170 Å². The molecule has 0 aliphatic carbocycles. The highest BCUT2D eigenvalue weighted by molar-refractivity contribution is 6.02. The van der Waals surface area contributed by atoms with Crippen LogP contribution in [0.3, 0.4) is 0 Å². The number of aromatic nitrogens is 1. The summed E-state index contributed by atoms with van der Waals surface area (Å²) >= 11 is 0. The van der Waals surface area contributed by atoms with Crippen LogP contribution in [-0.4, -0.2) is 49.4 Å². The number of carboxylic acid groups (broad SMARTS) is 1. The van der Waals surface area contributed by atoms with Crippen molar-refractivity contribution >= 4 is 23.2 Å². The van der Waals surface area contributed by atoms with E-state index in [0.29, 0.717) is 11.5 Å². The Kier molecular flexibility index (Phi) is 7.26. The molecule has 3 rings (SSSR count). The van der Waals surface area contributed by atoms with Gasteiger partial charge in [0.1, 0.15) is 17.2 Å². The summed E-state index contributed by atoms with van der Waals surface area (Å²) in [6, 6.07) is 13.2. The number of carbonyl (C=O) groups excluding carboxylic acids is 1. The molecule has 2 aromatic carbocycles. The molecule has 30 heavy (non-hydrogen) atoms. The van der Waals surface area contributed by atoms with Crippen molar-refractivity contribution in [2.75, 3.05) is 6.54 Å². The first kappa shape index (κ1) is 22.6. The van der Waals surface area contributed by atoms with Crippen molar-refractivity contribution in [3.63, 3.8) is 0 Å². The van der Waals surface area contributed by atoms with E-state index in [1.54, 1.807) is 31.2 Å². The van der Waals surface area contributed by atoms with E-state index in [4.69, 9.17) is 14.6 Å². The molecular formula is C20H20N2O8. The first-order valence-electron chi connectivity index (χ1n) is 8.66. The minimum absolute atomic E-state index is 0.0153. The third-order valence-corrected chi connectivity index (χ3v) is 3.80. The molecule has 10 nitrogen and oxygen atoms in total. The fourth-order valence-electron chi connectivity index (χ4n) is 2.62. The average Bonchev–Trinajstić information content (AvgIpc) is 2.69. The number of hydrogen-bond donors (Lipinski definition) is 6. The summed E-state index contributed by atoms with van der Waals surface area (Å²) in [7, 11) is 0. The van der Waals surface area contributed by atoms with E-state index in [2.05, 4.69) is 10.3 Å². The standard InChI is InChI=1S/C19H18N2O6.CH2O2/c1-2-20-18(23)15-16(22)13-9-8-12(27-11-6-4-3-5-7-11)10-14(13)17(21-15)19(24,25)26;2-1-3/h3-10,22,24-26H,2H2,1H3,(H,20,23);1H,(H,2,3). The number of amides is 1. The fourth-order valence-corrected chi connectivity index (χ4v) is 2.62. The number of aromatic hydroxyl groups is 1. The lowest BCUT2D eigenvalue weighted by molar-refractivity contribution is -0.325. The lowest BCUT2D eigenvalue weighted by atomic mass is 10.0. The number of fused-ring (bicyclic) bond motifs is 1. The van der Waals surface area contributed by atoms with E-state index in [1.807, 2.05) is 6.07 Å². The van der Waals surface area contributed by atoms with E-state index < -0.39 is 29.0 Å². The van der Waals surface area contributed by atoms with Gasteiger partial charge in [0.15, 0.2) is 11.4 Å². The molecule has 0 aliphatic heterocycles. The van der Waals surface area contributed by atoms with Crippen LogP contribution in [0.25, 0.3) is 10.8 Å². The second kappa shape index (κ2) is 9.65. The van der Waals surface area contributed by atoms with Crippen molar-refractivity contribution in [2.24, 2.45) is 0 Å². The van der Waals surface area contributed by atoms with Crippen molar-refractivity contribution in [3.05, 3.63) is 59.9 Å². The van der Waals surface area contributed by atoms with E-state index in [0.717, 1.165) is 0 Å². The van der Waals surface area contributed by atoms with Crippen molar-refractivity contribution < 1.29 is 39.9 Å². The van der Waals surface area contributed by atoms with Gasteiger partial charge in [-0.2, -0.15) is 0 Å². The Morgan fingerprint density at radius 2 is 1.73 bits per heavy atom. The monoisotopic (exact) mass is 416 g/mol. The minimum atomic E-state index is -3.32. The highest BCUT2D eigenvalue weighted by Crippen LogP contribution is 2.36. The molecule has 0 spiro atoms. The summed E-state index contributed by atoms with van der Waals surface area (Å²) in [5, 5.41) is 48.9. The van der Waals surface area contributed by atoms with Crippen molar-refractivity contribution in [1.29, 1.82) is 0 Å². The average molecular weight is 416 g/mol. The Hall–Kier alpha value is -3.73. The van der Waals surface area contributed by atoms with Crippen molar-refractivity contribution in [2.45, 2.75) is 12.9 Å². The van der Waals surface area contributed by atoms with Gasteiger partial charge < -0.3 is 35.6 Å². The zero-order chi connectivity index (χ0) is 22.3. The Balaban J connectivity index is 0.00000101. The van der Waals surface area contributed by atoms with E-state index in [-0.39, 0.29) is 23.8 Å². The van der Waals surface area contributed by atoms with Crippen molar-refractivity contribution in [1.82, 2.24) is 10.3 Å². The third kappa shape index (κ3) is 5.20. The number of nitrogens with zero attached hydrogens (tertiary/aromatic N) is 1. The molecule has 6 N–H and O–H groups in total. The SMILES string of the molecule is CCNC(=O)c1nc(C(O)(O)O)c2cc(Oc3ccccc3)ccc2c1O.O=CO.